The molecule has 0 spiro atoms. The molecule has 0 aliphatic heterocycles. The van der Waals surface area contributed by atoms with Gasteiger partial charge in [0.05, 0.1) is 23.8 Å². The van der Waals surface area contributed by atoms with E-state index in [1.54, 1.807) is 37.4 Å². The quantitative estimate of drug-likeness (QED) is 0.142. The van der Waals surface area contributed by atoms with Gasteiger partial charge >= 0.3 is 0 Å². The number of rotatable bonds is 0. The van der Waals surface area contributed by atoms with Gasteiger partial charge < -0.3 is 0 Å². The third kappa shape index (κ3) is 28.0. The predicted molar refractivity (Wildman–Crippen MR) is 297 cm³/mol. The van der Waals surface area contributed by atoms with Crippen molar-refractivity contribution in [3.05, 3.63) is 249 Å². The van der Waals surface area contributed by atoms with Gasteiger partial charge in [0.1, 0.15) is 12.7 Å². The summed E-state index contributed by atoms with van der Waals surface area (Å²) in [6.07, 6.45) is 24.6. The maximum Gasteiger partial charge on any atom is 0.115 e. The summed E-state index contributed by atoms with van der Waals surface area (Å²) in [6.45, 7) is 36.5. The van der Waals surface area contributed by atoms with E-state index in [9.17, 15) is 0 Å². The van der Waals surface area contributed by atoms with E-state index in [0.717, 1.165) is 45.3 Å². The number of benzene rings is 1. The molecule has 0 saturated heterocycles. The van der Waals surface area contributed by atoms with Crippen LogP contribution in [0.2, 0.25) is 0 Å². The van der Waals surface area contributed by atoms with Crippen LogP contribution in [-0.2, 0) is 0 Å². The lowest BCUT2D eigenvalue weighted by Gasteiger charge is -1.93. The second kappa shape index (κ2) is 36.1. The van der Waals surface area contributed by atoms with Crippen LogP contribution < -0.4 is 0 Å². The molecule has 8 aromatic heterocycles. The van der Waals surface area contributed by atoms with E-state index in [-0.39, 0.29) is 0 Å². The molecular formula is C60H78N12. The molecule has 0 N–H and O–H groups in total. The van der Waals surface area contributed by atoms with Crippen LogP contribution in [0.15, 0.2) is 148 Å². The van der Waals surface area contributed by atoms with Gasteiger partial charge in [-0.05, 0) is 216 Å². The smallest absolute Gasteiger partial charge is 0.115 e. The first kappa shape index (κ1) is 62.2. The third-order valence-corrected chi connectivity index (χ3v) is 11.2. The molecule has 0 radical (unpaired) electrons. The normalized spacial score (nSPS) is 9.25. The second-order valence-corrected chi connectivity index (χ2v) is 17.0. The SMILES string of the molecule is Cc1ccccc1C.Cc1cccnc1C.Cc1cccnc1C.Cc1ccncc1C.Cc1ccncc1C.Cc1cncnc1C.Cc1cncnc1C.Cc1cnncc1C.Cc1nccnc1C. The van der Waals surface area contributed by atoms with E-state index < -0.39 is 0 Å². The first-order valence-electron chi connectivity index (χ1n) is 23.7. The van der Waals surface area contributed by atoms with Crippen molar-refractivity contribution in [2.24, 2.45) is 0 Å². The minimum Gasteiger partial charge on any atom is -0.264 e. The summed E-state index contributed by atoms with van der Waals surface area (Å²) in [5.41, 5.74) is 21.4. The number of aryl methyl sites for hydroxylation is 18. The molecule has 0 atom stereocenters. The summed E-state index contributed by atoms with van der Waals surface area (Å²) in [4.78, 5) is 39.7. The van der Waals surface area contributed by atoms with Gasteiger partial charge in [-0.15, -0.1) is 0 Å². The molecule has 12 heteroatoms. The Morgan fingerprint density at radius 3 is 0.708 bits per heavy atom. The van der Waals surface area contributed by atoms with Crippen LogP contribution in [0.3, 0.4) is 0 Å². The topological polar surface area (TPSA) is 155 Å². The highest BCUT2D eigenvalue weighted by Crippen LogP contribution is 2.04. The highest BCUT2D eigenvalue weighted by atomic mass is 15.1. The molecule has 1 aromatic carbocycles. The molecular weight excluding hydrogens is 889 g/mol. The zero-order valence-corrected chi connectivity index (χ0v) is 46.2. The Hall–Kier alpha value is -7.86. The van der Waals surface area contributed by atoms with Gasteiger partial charge in [-0.1, -0.05) is 36.4 Å². The zero-order chi connectivity index (χ0) is 53.8. The number of aromatic nitrogens is 12. The average molecular weight is 967 g/mol. The van der Waals surface area contributed by atoms with E-state index in [4.69, 9.17) is 0 Å². The molecule has 0 saturated carbocycles. The van der Waals surface area contributed by atoms with Gasteiger partial charge in [0.15, 0.2) is 0 Å². The summed E-state index contributed by atoms with van der Waals surface area (Å²) in [7, 11) is 0. The number of nitrogens with zero attached hydrogens (tertiary/aromatic N) is 12. The number of pyridine rings is 4. The molecule has 0 amide bonds. The van der Waals surface area contributed by atoms with Crippen molar-refractivity contribution in [2.75, 3.05) is 0 Å². The fourth-order valence-electron chi connectivity index (χ4n) is 4.72. The molecule has 9 aromatic rings. The maximum absolute atomic E-state index is 4.08. The van der Waals surface area contributed by atoms with Crippen molar-refractivity contribution in [3.63, 3.8) is 0 Å². The van der Waals surface area contributed by atoms with E-state index in [1.807, 2.05) is 143 Å². The fraction of sp³-hybridized carbons (Fsp3) is 0.300. The highest BCUT2D eigenvalue weighted by molar-refractivity contribution is 5.24. The molecule has 0 bridgehead atoms. The summed E-state index contributed by atoms with van der Waals surface area (Å²) in [5.74, 6) is 0. The van der Waals surface area contributed by atoms with Crippen LogP contribution in [0.4, 0.5) is 0 Å². The Labute approximate surface area is 431 Å². The average Bonchev–Trinajstić information content (AvgIpc) is 3.37. The number of hydrogen-bond donors (Lipinski definition) is 0. The monoisotopic (exact) mass is 967 g/mol. The lowest BCUT2D eigenvalue weighted by molar-refractivity contribution is 0.995. The van der Waals surface area contributed by atoms with Crippen LogP contribution in [0.1, 0.15) is 101 Å². The Bertz CT molecular complexity index is 2070. The van der Waals surface area contributed by atoms with E-state index >= 15 is 0 Å². The van der Waals surface area contributed by atoms with Crippen molar-refractivity contribution in [1.82, 2.24) is 60.0 Å². The number of hydrogen-bond acceptors (Lipinski definition) is 12. The molecule has 378 valence electrons. The summed E-state index contributed by atoms with van der Waals surface area (Å²) in [5, 5.41) is 7.39. The highest BCUT2D eigenvalue weighted by Gasteiger charge is 1.91. The molecule has 12 nitrogen and oxygen atoms in total. The summed E-state index contributed by atoms with van der Waals surface area (Å²) in [6, 6.07) is 20.4. The van der Waals surface area contributed by atoms with Gasteiger partial charge in [0.2, 0.25) is 0 Å². The van der Waals surface area contributed by atoms with Gasteiger partial charge in [0, 0.05) is 84.7 Å². The molecule has 8 heterocycles. The van der Waals surface area contributed by atoms with E-state index in [2.05, 4.69) is 152 Å². The maximum atomic E-state index is 4.08. The molecule has 0 aliphatic rings. The van der Waals surface area contributed by atoms with Crippen molar-refractivity contribution in [3.8, 4) is 0 Å². The van der Waals surface area contributed by atoms with E-state index in [1.165, 1.54) is 55.6 Å². The van der Waals surface area contributed by atoms with Crippen molar-refractivity contribution >= 4 is 0 Å². The Morgan fingerprint density at radius 2 is 0.500 bits per heavy atom. The first-order valence-corrected chi connectivity index (χ1v) is 23.7. The van der Waals surface area contributed by atoms with Crippen LogP contribution in [0.25, 0.3) is 0 Å². The van der Waals surface area contributed by atoms with Crippen LogP contribution in [0.5, 0.6) is 0 Å². The molecule has 0 unspecified atom stereocenters. The van der Waals surface area contributed by atoms with Crippen molar-refractivity contribution < 1.29 is 0 Å². The lowest BCUT2D eigenvalue weighted by Crippen LogP contribution is -1.87. The van der Waals surface area contributed by atoms with Crippen LogP contribution in [0, 0.1) is 125 Å². The third-order valence-electron chi connectivity index (χ3n) is 11.2. The molecule has 72 heavy (non-hydrogen) atoms. The lowest BCUT2D eigenvalue weighted by atomic mass is 10.1. The minimum absolute atomic E-state index is 1.01. The summed E-state index contributed by atoms with van der Waals surface area (Å²) >= 11 is 0. The van der Waals surface area contributed by atoms with Crippen molar-refractivity contribution in [2.45, 2.75) is 125 Å². The summed E-state index contributed by atoms with van der Waals surface area (Å²) < 4.78 is 0. The standard InChI is InChI=1S/C8H10.4C7H9N.4C6H8N2/c1-7-5-3-4-6-8(7)2;2*1-6-3-4-8-5-7(6)2;2*1-6-4-3-5-8-7(6)2;2*1-5-3-7-4-8-6(5)2;1-5-3-7-8-4-6(5)2;1-5-6(2)8-4-3-7-5/h3-6H,1-2H3;4*3-5H,1-2H3;4*3-4H,1-2H3. The Morgan fingerprint density at radius 1 is 0.208 bits per heavy atom. The van der Waals surface area contributed by atoms with Gasteiger partial charge in [-0.2, -0.15) is 10.2 Å². The second-order valence-electron chi connectivity index (χ2n) is 17.0. The van der Waals surface area contributed by atoms with Gasteiger partial charge in [0.25, 0.3) is 0 Å². The first-order chi connectivity index (χ1) is 34.2. The van der Waals surface area contributed by atoms with Crippen LogP contribution >= 0.6 is 0 Å². The molecule has 9 rings (SSSR count). The van der Waals surface area contributed by atoms with E-state index in [0.29, 0.717) is 0 Å². The fourth-order valence-corrected chi connectivity index (χ4v) is 4.72. The predicted octanol–water partition coefficient (Wildman–Crippen LogP) is 13.5. The zero-order valence-electron chi connectivity index (χ0n) is 46.2. The molecule has 0 fully saturated rings. The Balaban J connectivity index is 0.000000405. The largest absolute Gasteiger partial charge is 0.264 e. The Kier molecular flexibility index (Phi) is 31.2. The van der Waals surface area contributed by atoms with Gasteiger partial charge in [-0.3, -0.25) is 29.9 Å². The van der Waals surface area contributed by atoms with Crippen molar-refractivity contribution in [1.29, 1.82) is 0 Å². The van der Waals surface area contributed by atoms with Crippen LogP contribution in [-0.4, -0.2) is 60.0 Å². The molecule has 0 aliphatic carbocycles. The van der Waals surface area contributed by atoms with Gasteiger partial charge in [-0.25, -0.2) is 19.9 Å². The minimum atomic E-state index is 1.01.